The summed E-state index contributed by atoms with van der Waals surface area (Å²) in [6.07, 6.45) is 0. The Morgan fingerprint density at radius 1 is 0.812 bits per heavy atom. The summed E-state index contributed by atoms with van der Waals surface area (Å²) in [7, 11) is 0. The van der Waals surface area contributed by atoms with Gasteiger partial charge in [0, 0.05) is 0 Å². The number of benzene rings is 1. The summed E-state index contributed by atoms with van der Waals surface area (Å²) in [6, 6.07) is 0. The normalized spacial score (nSPS) is 11.7. The van der Waals surface area contributed by atoms with Crippen molar-refractivity contribution in [2.24, 2.45) is 0 Å². The topological polar surface area (TPSA) is 72.4 Å². The summed E-state index contributed by atoms with van der Waals surface area (Å²) < 4.78 is 96.2. The predicted octanol–water partition coefficient (Wildman–Crippen LogP) is -0.652. The van der Waals surface area contributed by atoms with Crippen molar-refractivity contribution in [3.05, 3.63) is 29.1 Å². The molecule has 0 amide bonds. The van der Waals surface area contributed by atoms with E-state index in [-0.39, 0.29) is 0 Å². The van der Waals surface area contributed by atoms with Crippen LogP contribution in [0.3, 0.4) is 0 Å². The molecule has 90 valence electrons. The molecule has 0 aromatic heterocycles. The van der Waals surface area contributed by atoms with Gasteiger partial charge in [-0.25, -0.2) is 0 Å². The van der Waals surface area contributed by atoms with E-state index in [0.29, 0.717) is 0 Å². The van der Waals surface area contributed by atoms with Crippen molar-refractivity contribution in [1.82, 2.24) is 0 Å². The summed E-state index contributed by atoms with van der Waals surface area (Å²) in [5.41, 5.74) is 0. The van der Waals surface area contributed by atoms with Gasteiger partial charge in [0.05, 0.1) is 0 Å². The second-order valence-electron chi connectivity index (χ2n) is 2.44. The van der Waals surface area contributed by atoms with Gasteiger partial charge in [0.1, 0.15) is 0 Å². The first-order chi connectivity index (χ1) is 7.15. The van der Waals surface area contributed by atoms with Gasteiger partial charge < -0.3 is 0 Å². The van der Waals surface area contributed by atoms with Crippen LogP contribution in [-0.2, 0) is 3.02 Å². The third kappa shape index (κ3) is 2.47. The Hall–Kier alpha value is -0.792. The third-order valence-electron chi connectivity index (χ3n) is 1.37. The molecule has 0 saturated carbocycles. The van der Waals surface area contributed by atoms with Crippen molar-refractivity contribution >= 4 is 20.1 Å². The number of hydrogen-bond donors (Lipinski definition) is 0. The Kier molecular flexibility index (Phi) is 3.51. The van der Waals surface area contributed by atoms with Crippen molar-refractivity contribution in [2.45, 2.75) is 0 Å². The Labute approximate surface area is 90.0 Å². The van der Waals surface area contributed by atoms with Crippen LogP contribution >= 0.6 is 0 Å². The average Bonchev–Trinajstić information content (AvgIpc) is 2.17. The molecule has 10 heteroatoms. The minimum absolute atomic E-state index is 2.11. The van der Waals surface area contributed by atoms with Crippen LogP contribution in [0.2, 0.25) is 0 Å². The fourth-order valence-corrected chi connectivity index (χ4v) is 1.87. The molecule has 0 aliphatic heterocycles. The average molecular weight is 353 g/mol. The van der Waals surface area contributed by atoms with Gasteiger partial charge >= 0.3 is 89.6 Å². The van der Waals surface area contributed by atoms with E-state index in [2.05, 4.69) is 3.02 Å². The number of rotatable bonds is 2. The Balaban J connectivity index is 3.46. The van der Waals surface area contributed by atoms with E-state index < -0.39 is 54.9 Å². The Morgan fingerprint density at radius 3 is 1.44 bits per heavy atom. The van der Waals surface area contributed by atoms with E-state index in [9.17, 15) is 31.7 Å². The molecular formula is C6F5O4Sb-2. The van der Waals surface area contributed by atoms with E-state index in [0.717, 1.165) is 0 Å². The molecule has 0 radical (unpaired) electrons. The molecule has 0 spiro atoms. The van der Waals surface area contributed by atoms with Crippen LogP contribution in [-0.4, -0.2) is 20.1 Å². The zero-order chi connectivity index (χ0) is 12.7. The standard InChI is InChI=1S/C6HF5O.3O.Sb/c7-1-2(8)4(10)6(12)5(11)3(1)9;;;;/h12H;;;;/q;;2*-1;+1/p-1. The minimum atomic E-state index is -6.82. The summed E-state index contributed by atoms with van der Waals surface area (Å²) in [4.78, 5) is 0. The molecule has 0 bridgehead atoms. The molecule has 0 N–H and O–H groups in total. The van der Waals surface area contributed by atoms with Crippen molar-refractivity contribution < 1.29 is 34.8 Å². The summed E-state index contributed by atoms with van der Waals surface area (Å²) in [6.45, 7) is 0. The molecule has 4 nitrogen and oxygen atoms in total. The summed E-state index contributed by atoms with van der Waals surface area (Å²) in [5, 5.41) is 0. The van der Waals surface area contributed by atoms with Crippen LogP contribution in [0.1, 0.15) is 0 Å². The van der Waals surface area contributed by atoms with E-state index in [1.54, 1.807) is 0 Å². The summed E-state index contributed by atoms with van der Waals surface area (Å²) in [5.74, 6) is -14.4. The second kappa shape index (κ2) is 4.23. The van der Waals surface area contributed by atoms with Gasteiger partial charge in [-0.2, -0.15) is 0 Å². The molecule has 1 rings (SSSR count). The molecule has 0 atom stereocenters. The van der Waals surface area contributed by atoms with Crippen LogP contribution in [0.25, 0.3) is 0 Å². The van der Waals surface area contributed by atoms with Gasteiger partial charge in [-0.15, -0.1) is 0 Å². The SMILES string of the molecule is [O]=[Sb]([O-])([O-])[O]c1c(F)c(F)c(F)c(F)c1F. The van der Waals surface area contributed by atoms with Gasteiger partial charge in [0.2, 0.25) is 0 Å². The van der Waals surface area contributed by atoms with Crippen LogP contribution in [0, 0.1) is 29.1 Å². The molecule has 0 heterocycles. The fraction of sp³-hybridized carbons (Fsp3) is 0. The van der Waals surface area contributed by atoms with Crippen molar-refractivity contribution in [2.75, 3.05) is 0 Å². The van der Waals surface area contributed by atoms with Crippen molar-refractivity contribution in [3.63, 3.8) is 0 Å². The van der Waals surface area contributed by atoms with E-state index >= 15 is 0 Å². The fourth-order valence-electron chi connectivity index (χ4n) is 0.777. The molecule has 16 heavy (non-hydrogen) atoms. The maximum atomic E-state index is 12.7. The van der Waals surface area contributed by atoms with Crippen molar-refractivity contribution in [3.8, 4) is 5.75 Å². The zero-order valence-electron chi connectivity index (χ0n) is 6.97. The van der Waals surface area contributed by atoms with Gasteiger partial charge in [0.15, 0.2) is 0 Å². The molecule has 1 aromatic carbocycles. The van der Waals surface area contributed by atoms with E-state index in [1.807, 2.05) is 0 Å². The quantitative estimate of drug-likeness (QED) is 0.307. The van der Waals surface area contributed by atoms with Gasteiger partial charge in [-0.3, -0.25) is 0 Å². The first kappa shape index (κ1) is 13.3. The number of halogens is 5. The zero-order valence-corrected chi connectivity index (χ0v) is 9.52. The van der Waals surface area contributed by atoms with Crippen LogP contribution in [0.4, 0.5) is 22.0 Å². The predicted molar refractivity (Wildman–Crippen MR) is 33.3 cm³/mol. The first-order valence-electron chi connectivity index (χ1n) is 3.38. The van der Waals surface area contributed by atoms with Crippen molar-refractivity contribution in [1.29, 1.82) is 0 Å². The molecular weight excluding hydrogens is 353 g/mol. The molecule has 0 saturated heterocycles. The van der Waals surface area contributed by atoms with E-state index in [1.165, 1.54) is 0 Å². The molecule has 0 unspecified atom stereocenters. The van der Waals surface area contributed by atoms with Crippen LogP contribution in [0.15, 0.2) is 0 Å². The van der Waals surface area contributed by atoms with Crippen LogP contribution in [0.5, 0.6) is 5.75 Å². The van der Waals surface area contributed by atoms with Gasteiger partial charge in [0.25, 0.3) is 0 Å². The second-order valence-corrected chi connectivity index (χ2v) is 5.51. The van der Waals surface area contributed by atoms with Gasteiger partial charge in [-0.1, -0.05) is 0 Å². The Bertz CT molecular complexity index is 455. The monoisotopic (exact) mass is 352 g/mol. The third-order valence-corrected chi connectivity index (χ3v) is 2.53. The number of hydrogen-bond acceptors (Lipinski definition) is 4. The molecule has 0 aliphatic carbocycles. The Morgan fingerprint density at radius 2 is 1.12 bits per heavy atom. The first-order valence-corrected chi connectivity index (χ1v) is 7.55. The maximum absolute atomic E-state index is 12.7. The molecule has 0 fully saturated rings. The van der Waals surface area contributed by atoms with Crippen LogP contribution < -0.4 is 9.79 Å². The van der Waals surface area contributed by atoms with Gasteiger partial charge in [-0.05, 0) is 0 Å². The molecule has 1 aromatic rings. The molecule has 0 aliphatic rings. The van der Waals surface area contributed by atoms with E-state index in [4.69, 9.17) is 0 Å². The summed E-state index contributed by atoms with van der Waals surface area (Å²) >= 11 is -6.82.